The van der Waals surface area contributed by atoms with Gasteiger partial charge in [0.25, 0.3) is 0 Å². The Hall–Kier alpha value is -1.59. The molecular formula is C18H25NO4. The zero-order valence-corrected chi connectivity index (χ0v) is 13.4. The molecule has 1 aromatic carbocycles. The molecule has 3 rings (SSSR count). The van der Waals surface area contributed by atoms with Crippen molar-refractivity contribution in [3.05, 3.63) is 30.3 Å². The highest BCUT2D eigenvalue weighted by Crippen LogP contribution is 2.24. The van der Waals surface area contributed by atoms with Gasteiger partial charge in [-0.3, -0.25) is 4.79 Å². The minimum Gasteiger partial charge on any atom is -0.488 e. The molecule has 0 spiro atoms. The first-order chi connectivity index (χ1) is 11.3. The van der Waals surface area contributed by atoms with Gasteiger partial charge in [-0.15, -0.1) is 0 Å². The summed E-state index contributed by atoms with van der Waals surface area (Å²) in [6.07, 6.45) is 5.30. The van der Waals surface area contributed by atoms with Crippen LogP contribution in [0.4, 0.5) is 0 Å². The third kappa shape index (κ3) is 4.94. The molecule has 5 nitrogen and oxygen atoms in total. The Morgan fingerprint density at radius 1 is 1.17 bits per heavy atom. The Balaban J connectivity index is 1.39. The third-order valence-electron chi connectivity index (χ3n) is 4.39. The van der Waals surface area contributed by atoms with E-state index >= 15 is 0 Å². The summed E-state index contributed by atoms with van der Waals surface area (Å²) in [7, 11) is 0. The van der Waals surface area contributed by atoms with E-state index in [2.05, 4.69) is 5.32 Å². The predicted molar refractivity (Wildman–Crippen MR) is 86.4 cm³/mol. The summed E-state index contributed by atoms with van der Waals surface area (Å²) < 4.78 is 16.9. The zero-order valence-electron chi connectivity index (χ0n) is 13.4. The van der Waals surface area contributed by atoms with Crippen LogP contribution in [-0.4, -0.2) is 44.0 Å². The highest BCUT2D eigenvalue weighted by atomic mass is 16.5. The van der Waals surface area contributed by atoms with Crippen molar-refractivity contribution in [2.45, 2.75) is 50.4 Å². The van der Waals surface area contributed by atoms with E-state index in [1.54, 1.807) is 0 Å². The van der Waals surface area contributed by atoms with Crippen molar-refractivity contribution in [2.75, 3.05) is 19.8 Å². The monoisotopic (exact) mass is 319 g/mol. The van der Waals surface area contributed by atoms with Gasteiger partial charge in [0.15, 0.2) is 0 Å². The van der Waals surface area contributed by atoms with E-state index < -0.39 is 0 Å². The molecule has 126 valence electrons. The Morgan fingerprint density at radius 3 is 2.83 bits per heavy atom. The van der Waals surface area contributed by atoms with E-state index in [1.165, 1.54) is 0 Å². The van der Waals surface area contributed by atoms with Crippen LogP contribution in [0, 0.1) is 0 Å². The molecule has 0 bridgehead atoms. The van der Waals surface area contributed by atoms with E-state index in [0.717, 1.165) is 44.5 Å². The summed E-state index contributed by atoms with van der Waals surface area (Å²) >= 11 is 0. The highest BCUT2D eigenvalue weighted by molar-refractivity contribution is 5.77. The average molecular weight is 319 g/mol. The summed E-state index contributed by atoms with van der Waals surface area (Å²) in [5.74, 6) is 0.782. The number of rotatable bonds is 7. The molecule has 1 saturated carbocycles. The van der Waals surface area contributed by atoms with E-state index in [-0.39, 0.29) is 30.8 Å². The molecule has 1 aliphatic carbocycles. The molecule has 1 saturated heterocycles. The van der Waals surface area contributed by atoms with Crippen LogP contribution in [0.1, 0.15) is 32.1 Å². The van der Waals surface area contributed by atoms with Gasteiger partial charge >= 0.3 is 0 Å². The summed E-state index contributed by atoms with van der Waals surface area (Å²) in [4.78, 5) is 12.0. The largest absolute Gasteiger partial charge is 0.488 e. The van der Waals surface area contributed by atoms with Gasteiger partial charge in [-0.05, 0) is 44.2 Å². The Kier molecular flexibility index (Phi) is 5.88. The molecule has 2 aliphatic rings. The lowest BCUT2D eigenvalue weighted by Crippen LogP contribution is -2.44. The molecule has 2 fully saturated rings. The average Bonchev–Trinajstić information content (AvgIpc) is 3.21. The normalized spacial score (nSPS) is 27.0. The summed E-state index contributed by atoms with van der Waals surface area (Å²) in [6, 6.07) is 9.83. The van der Waals surface area contributed by atoms with Crippen LogP contribution in [0.3, 0.4) is 0 Å². The topological polar surface area (TPSA) is 56.8 Å². The molecular weight excluding hydrogens is 294 g/mol. The first-order valence-electron chi connectivity index (χ1n) is 8.51. The first-order valence-corrected chi connectivity index (χ1v) is 8.51. The van der Waals surface area contributed by atoms with Gasteiger partial charge in [-0.25, -0.2) is 0 Å². The van der Waals surface area contributed by atoms with Gasteiger partial charge in [-0.2, -0.15) is 0 Å². The molecule has 1 heterocycles. The lowest BCUT2D eigenvalue weighted by atomic mass is 10.2. The van der Waals surface area contributed by atoms with Crippen LogP contribution < -0.4 is 10.1 Å². The minimum atomic E-state index is -0.0726. The maximum atomic E-state index is 12.0. The molecule has 0 aromatic heterocycles. The molecule has 1 N–H and O–H groups in total. The summed E-state index contributed by atoms with van der Waals surface area (Å²) in [6.45, 7) is 1.40. The Labute approximate surface area is 137 Å². The van der Waals surface area contributed by atoms with Crippen LogP contribution in [0.25, 0.3) is 0 Å². The number of carbonyl (C=O) groups is 1. The smallest absolute Gasteiger partial charge is 0.246 e. The number of ether oxygens (including phenoxy) is 3. The van der Waals surface area contributed by atoms with Gasteiger partial charge in [0.1, 0.15) is 18.5 Å². The minimum absolute atomic E-state index is 0.0412. The predicted octanol–water partition coefficient (Wildman–Crippen LogP) is 2.30. The van der Waals surface area contributed by atoms with Gasteiger partial charge in [0, 0.05) is 6.61 Å². The SMILES string of the molecule is O=C(COCC1CCCO1)NC1CCCC1Oc1ccccc1. The van der Waals surface area contributed by atoms with Crippen molar-refractivity contribution in [3.63, 3.8) is 0 Å². The van der Waals surface area contributed by atoms with Crippen molar-refractivity contribution in [2.24, 2.45) is 0 Å². The van der Waals surface area contributed by atoms with Crippen LogP contribution in [0.15, 0.2) is 30.3 Å². The van der Waals surface area contributed by atoms with Crippen LogP contribution >= 0.6 is 0 Å². The van der Waals surface area contributed by atoms with Gasteiger partial charge in [-0.1, -0.05) is 18.2 Å². The fourth-order valence-electron chi connectivity index (χ4n) is 3.21. The van der Waals surface area contributed by atoms with Crippen molar-refractivity contribution >= 4 is 5.91 Å². The maximum Gasteiger partial charge on any atom is 0.246 e. The van der Waals surface area contributed by atoms with Crippen molar-refractivity contribution < 1.29 is 19.0 Å². The maximum absolute atomic E-state index is 12.0. The van der Waals surface area contributed by atoms with Crippen molar-refractivity contribution in [1.82, 2.24) is 5.32 Å². The molecule has 23 heavy (non-hydrogen) atoms. The fraction of sp³-hybridized carbons (Fsp3) is 0.611. The van der Waals surface area contributed by atoms with Crippen molar-refractivity contribution in [3.8, 4) is 5.75 Å². The number of hydrogen-bond acceptors (Lipinski definition) is 4. The molecule has 1 amide bonds. The number of carbonyl (C=O) groups excluding carboxylic acids is 1. The van der Waals surface area contributed by atoms with Crippen LogP contribution in [0.2, 0.25) is 0 Å². The van der Waals surface area contributed by atoms with E-state index in [0.29, 0.717) is 6.61 Å². The van der Waals surface area contributed by atoms with Crippen LogP contribution in [0.5, 0.6) is 5.75 Å². The van der Waals surface area contributed by atoms with Gasteiger partial charge < -0.3 is 19.5 Å². The highest BCUT2D eigenvalue weighted by Gasteiger charge is 2.30. The number of para-hydroxylation sites is 1. The zero-order chi connectivity index (χ0) is 15.9. The fourth-order valence-corrected chi connectivity index (χ4v) is 3.21. The van der Waals surface area contributed by atoms with E-state index in [9.17, 15) is 4.79 Å². The summed E-state index contributed by atoms with van der Waals surface area (Å²) in [5, 5.41) is 3.04. The second-order valence-electron chi connectivity index (χ2n) is 6.22. The number of nitrogens with one attached hydrogen (secondary N) is 1. The van der Waals surface area contributed by atoms with Crippen LogP contribution in [-0.2, 0) is 14.3 Å². The molecule has 5 heteroatoms. The Bertz CT molecular complexity index is 487. The molecule has 1 aromatic rings. The molecule has 3 unspecified atom stereocenters. The first kappa shape index (κ1) is 16.3. The second kappa shape index (κ2) is 8.31. The van der Waals surface area contributed by atoms with Gasteiger partial charge in [0.05, 0.1) is 18.8 Å². The molecule has 3 atom stereocenters. The van der Waals surface area contributed by atoms with E-state index in [1.807, 2.05) is 30.3 Å². The molecule has 0 radical (unpaired) electrons. The third-order valence-corrected chi connectivity index (χ3v) is 4.39. The van der Waals surface area contributed by atoms with Gasteiger partial charge in [0.2, 0.25) is 5.91 Å². The quantitative estimate of drug-likeness (QED) is 0.838. The van der Waals surface area contributed by atoms with E-state index in [4.69, 9.17) is 14.2 Å². The molecule has 1 aliphatic heterocycles. The Morgan fingerprint density at radius 2 is 2.04 bits per heavy atom. The number of amides is 1. The number of benzene rings is 1. The summed E-state index contributed by atoms with van der Waals surface area (Å²) in [5.41, 5.74) is 0. The second-order valence-corrected chi connectivity index (χ2v) is 6.22. The lowest BCUT2D eigenvalue weighted by molar-refractivity contribution is -0.128. The van der Waals surface area contributed by atoms with Crippen molar-refractivity contribution in [1.29, 1.82) is 0 Å². The number of hydrogen-bond donors (Lipinski definition) is 1. The lowest BCUT2D eigenvalue weighted by Gasteiger charge is -2.22. The standard InChI is InChI=1S/C18H25NO4/c20-18(13-21-12-15-8-5-11-22-15)19-16-9-4-10-17(16)23-14-6-2-1-3-7-14/h1-3,6-7,15-17H,4-5,8-13H2,(H,19,20).